The number of methoxy groups -OCH3 is 2. The lowest BCUT2D eigenvalue weighted by molar-refractivity contribution is -0.140. The van der Waals surface area contributed by atoms with E-state index in [9.17, 15) is 14.7 Å². The second-order valence-electron chi connectivity index (χ2n) is 8.43. The normalized spacial score (nSPS) is 17.0. The number of ketones is 1. The van der Waals surface area contributed by atoms with Crippen LogP contribution in [-0.4, -0.2) is 81.2 Å². The molecule has 3 rings (SSSR count). The Labute approximate surface area is 211 Å². The van der Waals surface area contributed by atoms with Crippen molar-refractivity contribution in [2.75, 3.05) is 54.6 Å². The van der Waals surface area contributed by atoms with E-state index >= 15 is 0 Å². The van der Waals surface area contributed by atoms with E-state index in [1.807, 2.05) is 32.8 Å². The number of Topliss-reactive ketones (excluding diaryl/α,β-unsaturated/α-hetero) is 1. The SMILES string of the molecule is CCOc1ccc(C2/C(=C(\O)c3cc(OC)ccc3OC)C(=O)C(=O)N2CCN(C)C)cc1OCC. The van der Waals surface area contributed by atoms with E-state index in [4.69, 9.17) is 18.9 Å². The molecule has 0 aromatic heterocycles. The monoisotopic (exact) mass is 498 g/mol. The Bertz CT molecular complexity index is 1140. The summed E-state index contributed by atoms with van der Waals surface area (Å²) in [4.78, 5) is 29.9. The summed E-state index contributed by atoms with van der Waals surface area (Å²) in [6, 6.07) is 9.34. The summed E-state index contributed by atoms with van der Waals surface area (Å²) in [6.45, 7) is 5.41. The minimum absolute atomic E-state index is 0.0306. The van der Waals surface area contributed by atoms with Gasteiger partial charge in [0, 0.05) is 13.1 Å². The Morgan fingerprint density at radius 2 is 1.61 bits per heavy atom. The van der Waals surface area contributed by atoms with Crippen LogP contribution in [0.15, 0.2) is 42.0 Å². The molecule has 1 heterocycles. The molecule has 2 aromatic carbocycles. The van der Waals surface area contributed by atoms with Gasteiger partial charge in [0.2, 0.25) is 0 Å². The van der Waals surface area contributed by atoms with Crippen molar-refractivity contribution in [3.63, 3.8) is 0 Å². The predicted octanol–water partition coefficient (Wildman–Crippen LogP) is 3.48. The minimum atomic E-state index is -0.837. The minimum Gasteiger partial charge on any atom is -0.507 e. The number of likely N-dealkylation sites (N-methyl/N-ethyl adjacent to an activating group) is 1. The summed E-state index contributed by atoms with van der Waals surface area (Å²) in [5.41, 5.74) is 0.837. The van der Waals surface area contributed by atoms with Crippen molar-refractivity contribution < 1.29 is 33.6 Å². The summed E-state index contributed by atoms with van der Waals surface area (Å²) in [6.07, 6.45) is 0. The van der Waals surface area contributed by atoms with Gasteiger partial charge >= 0.3 is 0 Å². The maximum Gasteiger partial charge on any atom is 0.295 e. The topological polar surface area (TPSA) is 97.8 Å². The van der Waals surface area contributed by atoms with Crippen molar-refractivity contribution in [3.8, 4) is 23.0 Å². The van der Waals surface area contributed by atoms with E-state index in [-0.39, 0.29) is 23.4 Å². The molecule has 0 saturated carbocycles. The van der Waals surface area contributed by atoms with E-state index in [0.29, 0.717) is 48.3 Å². The first-order chi connectivity index (χ1) is 17.3. The van der Waals surface area contributed by atoms with Crippen LogP contribution in [0.1, 0.15) is 31.0 Å². The predicted molar refractivity (Wildman–Crippen MR) is 136 cm³/mol. The van der Waals surface area contributed by atoms with Crippen LogP contribution in [0.3, 0.4) is 0 Å². The first-order valence-corrected chi connectivity index (χ1v) is 11.8. The highest BCUT2D eigenvalue weighted by Gasteiger charge is 2.46. The van der Waals surface area contributed by atoms with Gasteiger partial charge in [-0.1, -0.05) is 6.07 Å². The molecule has 1 fully saturated rings. The van der Waals surface area contributed by atoms with E-state index in [1.165, 1.54) is 19.1 Å². The summed E-state index contributed by atoms with van der Waals surface area (Å²) in [5.74, 6) is 0.0684. The molecule has 2 aromatic rings. The number of amides is 1. The highest BCUT2D eigenvalue weighted by molar-refractivity contribution is 6.46. The van der Waals surface area contributed by atoms with Crippen LogP contribution in [0.2, 0.25) is 0 Å². The third-order valence-electron chi connectivity index (χ3n) is 5.87. The van der Waals surface area contributed by atoms with E-state index in [2.05, 4.69) is 0 Å². The van der Waals surface area contributed by atoms with Crippen molar-refractivity contribution in [3.05, 3.63) is 53.1 Å². The molecule has 1 saturated heterocycles. The Morgan fingerprint density at radius 1 is 0.944 bits per heavy atom. The lowest BCUT2D eigenvalue weighted by Gasteiger charge is -2.27. The average Bonchev–Trinajstić information content (AvgIpc) is 3.12. The van der Waals surface area contributed by atoms with Gasteiger partial charge in [-0.2, -0.15) is 0 Å². The van der Waals surface area contributed by atoms with E-state index in [1.54, 1.807) is 36.4 Å². The van der Waals surface area contributed by atoms with Crippen LogP contribution in [-0.2, 0) is 9.59 Å². The zero-order valence-corrected chi connectivity index (χ0v) is 21.7. The molecule has 0 radical (unpaired) electrons. The molecule has 1 amide bonds. The Morgan fingerprint density at radius 3 is 2.22 bits per heavy atom. The molecule has 36 heavy (non-hydrogen) atoms. The summed E-state index contributed by atoms with van der Waals surface area (Å²) >= 11 is 0. The second-order valence-corrected chi connectivity index (χ2v) is 8.43. The lowest BCUT2D eigenvalue weighted by Crippen LogP contribution is -2.35. The quantitative estimate of drug-likeness (QED) is 0.286. The molecule has 1 atom stereocenters. The number of aliphatic hydroxyl groups excluding tert-OH is 1. The smallest absolute Gasteiger partial charge is 0.295 e. The maximum absolute atomic E-state index is 13.3. The molecule has 1 N–H and O–H groups in total. The van der Waals surface area contributed by atoms with Crippen LogP contribution in [0.4, 0.5) is 0 Å². The van der Waals surface area contributed by atoms with Gasteiger partial charge < -0.3 is 33.9 Å². The molecule has 1 aliphatic rings. The number of benzene rings is 2. The van der Waals surface area contributed by atoms with E-state index < -0.39 is 17.7 Å². The number of ether oxygens (including phenoxy) is 4. The fraction of sp³-hybridized carbons (Fsp3) is 0.407. The fourth-order valence-electron chi connectivity index (χ4n) is 4.15. The first-order valence-electron chi connectivity index (χ1n) is 11.8. The highest BCUT2D eigenvalue weighted by atomic mass is 16.5. The third-order valence-corrected chi connectivity index (χ3v) is 5.87. The molecule has 1 unspecified atom stereocenters. The molecule has 9 heteroatoms. The van der Waals surface area contributed by atoms with Crippen LogP contribution in [0.5, 0.6) is 23.0 Å². The Balaban J connectivity index is 2.24. The zero-order valence-electron chi connectivity index (χ0n) is 21.7. The Hall–Kier alpha value is -3.72. The first kappa shape index (κ1) is 26.9. The molecular weight excluding hydrogens is 464 g/mol. The van der Waals surface area contributed by atoms with Crippen molar-refractivity contribution in [1.29, 1.82) is 0 Å². The van der Waals surface area contributed by atoms with Crippen LogP contribution in [0, 0.1) is 0 Å². The molecule has 0 aliphatic carbocycles. The van der Waals surface area contributed by atoms with Crippen molar-refractivity contribution >= 4 is 17.4 Å². The number of likely N-dealkylation sites (tertiary alicyclic amines) is 1. The molecular formula is C27H34N2O7. The van der Waals surface area contributed by atoms with Crippen LogP contribution in [0.25, 0.3) is 5.76 Å². The zero-order chi connectivity index (χ0) is 26.4. The Kier molecular flexibility index (Phi) is 8.82. The number of nitrogens with zero attached hydrogens (tertiary/aromatic N) is 2. The van der Waals surface area contributed by atoms with Gasteiger partial charge in [0.05, 0.1) is 44.6 Å². The van der Waals surface area contributed by atoms with Gasteiger partial charge in [0.15, 0.2) is 11.5 Å². The van der Waals surface area contributed by atoms with Crippen LogP contribution < -0.4 is 18.9 Å². The van der Waals surface area contributed by atoms with Gasteiger partial charge in [0.1, 0.15) is 17.3 Å². The number of rotatable bonds is 11. The molecule has 9 nitrogen and oxygen atoms in total. The fourth-order valence-corrected chi connectivity index (χ4v) is 4.15. The number of carbonyl (C=O) groups is 2. The van der Waals surface area contributed by atoms with Gasteiger partial charge in [0.25, 0.3) is 11.7 Å². The molecule has 1 aliphatic heterocycles. The summed E-state index contributed by atoms with van der Waals surface area (Å²) in [7, 11) is 6.74. The number of carbonyl (C=O) groups excluding carboxylic acids is 2. The van der Waals surface area contributed by atoms with Gasteiger partial charge in [-0.15, -0.1) is 0 Å². The van der Waals surface area contributed by atoms with Crippen molar-refractivity contribution in [2.45, 2.75) is 19.9 Å². The van der Waals surface area contributed by atoms with Gasteiger partial charge in [-0.25, -0.2) is 0 Å². The number of aliphatic hydroxyl groups is 1. The van der Waals surface area contributed by atoms with E-state index in [0.717, 1.165) is 0 Å². The van der Waals surface area contributed by atoms with Gasteiger partial charge in [-0.3, -0.25) is 9.59 Å². The largest absolute Gasteiger partial charge is 0.507 e. The number of hydrogen-bond acceptors (Lipinski definition) is 8. The standard InChI is InChI=1S/C27H34N2O7/c1-7-35-21-11-9-17(15-22(21)36-8-2)24-23(26(31)27(32)29(24)14-13-28(3)4)25(30)19-16-18(33-5)10-12-20(19)34-6/h9-12,15-16,24,30H,7-8,13-14H2,1-6H3/b25-23+. The second kappa shape index (κ2) is 11.8. The highest BCUT2D eigenvalue weighted by Crippen LogP contribution is 2.43. The molecule has 194 valence electrons. The molecule has 0 spiro atoms. The van der Waals surface area contributed by atoms with Crippen molar-refractivity contribution in [1.82, 2.24) is 9.80 Å². The average molecular weight is 499 g/mol. The van der Waals surface area contributed by atoms with Crippen LogP contribution >= 0.6 is 0 Å². The van der Waals surface area contributed by atoms with Crippen molar-refractivity contribution in [2.24, 2.45) is 0 Å². The van der Waals surface area contributed by atoms with Gasteiger partial charge in [-0.05, 0) is 63.8 Å². The molecule has 0 bridgehead atoms. The summed E-state index contributed by atoms with van der Waals surface area (Å²) in [5, 5.41) is 11.5. The summed E-state index contributed by atoms with van der Waals surface area (Å²) < 4.78 is 22.2. The number of hydrogen-bond donors (Lipinski definition) is 1. The third kappa shape index (κ3) is 5.41. The lowest BCUT2D eigenvalue weighted by atomic mass is 9.94. The maximum atomic E-state index is 13.3.